The first kappa shape index (κ1) is 20.6. The van der Waals surface area contributed by atoms with Crippen molar-refractivity contribution in [2.75, 3.05) is 11.9 Å². The van der Waals surface area contributed by atoms with Gasteiger partial charge in [-0.25, -0.2) is 0 Å². The second-order valence-corrected chi connectivity index (χ2v) is 7.24. The van der Waals surface area contributed by atoms with E-state index >= 15 is 0 Å². The highest BCUT2D eigenvalue weighted by molar-refractivity contribution is 9.10. The lowest BCUT2D eigenvalue weighted by Crippen LogP contribution is -2.40. The number of carbonyl (C=O) groups excluding carboxylic acids is 2. The van der Waals surface area contributed by atoms with Crippen LogP contribution < -0.4 is 15.4 Å². The minimum Gasteiger partial charge on any atom is -0.479 e. The molecule has 2 rings (SSSR count). The fraction of sp³-hybridized carbons (Fsp3) is 0.222. The van der Waals surface area contributed by atoms with Crippen LogP contribution in [0.4, 0.5) is 5.69 Å². The number of hydrogen-bond acceptors (Lipinski definition) is 3. The predicted molar refractivity (Wildman–Crippen MR) is 107 cm³/mol. The molecule has 0 fully saturated rings. The zero-order valence-electron chi connectivity index (χ0n) is 14.1. The quantitative estimate of drug-likeness (QED) is 0.663. The van der Waals surface area contributed by atoms with Gasteiger partial charge in [0.1, 0.15) is 10.8 Å². The number of carbonyl (C=O) groups is 2. The molecule has 0 bridgehead atoms. The maximum Gasteiger partial charge on any atom is 0.261 e. The number of nitrogens with one attached hydrogen (secondary N) is 2. The molecule has 2 aromatic rings. The Bertz CT molecular complexity index is 830. The van der Waals surface area contributed by atoms with Gasteiger partial charge < -0.3 is 15.4 Å². The van der Waals surface area contributed by atoms with Gasteiger partial charge in [-0.05, 0) is 49.7 Å². The smallest absolute Gasteiger partial charge is 0.261 e. The highest BCUT2D eigenvalue weighted by Gasteiger charge is 2.18. The summed E-state index contributed by atoms with van der Waals surface area (Å²) in [5.74, 6) is -0.475. The third-order valence-electron chi connectivity index (χ3n) is 3.47. The highest BCUT2D eigenvalue weighted by Crippen LogP contribution is 2.32. The molecule has 0 saturated heterocycles. The molecule has 8 heteroatoms. The molecule has 1 unspecified atom stereocenters. The van der Waals surface area contributed by atoms with E-state index in [1.54, 1.807) is 31.2 Å². The standard InChI is InChI=1S/C18H17BrCl2N2O3/c1-10-8-12(19)6-7-14(10)23-16(24)9-22-18(25)11(2)26-15-5-3-4-13(20)17(15)21/h3-8,11H,9H2,1-2H3,(H,22,25)(H,23,24). The summed E-state index contributed by atoms with van der Waals surface area (Å²) in [6, 6.07) is 10.4. The Labute approximate surface area is 170 Å². The maximum absolute atomic E-state index is 12.1. The van der Waals surface area contributed by atoms with Crippen LogP contribution in [-0.4, -0.2) is 24.5 Å². The first-order valence-corrected chi connectivity index (χ1v) is 9.27. The number of benzene rings is 2. The summed E-state index contributed by atoms with van der Waals surface area (Å²) in [6.07, 6.45) is -0.840. The Balaban J connectivity index is 1.87. The average Bonchev–Trinajstić information content (AvgIpc) is 2.59. The van der Waals surface area contributed by atoms with Crippen molar-refractivity contribution in [2.45, 2.75) is 20.0 Å². The van der Waals surface area contributed by atoms with Gasteiger partial charge in [0.15, 0.2) is 6.10 Å². The van der Waals surface area contributed by atoms with Gasteiger partial charge in [0.25, 0.3) is 5.91 Å². The molecule has 0 spiro atoms. The number of ether oxygens (including phenoxy) is 1. The lowest BCUT2D eigenvalue weighted by Gasteiger charge is -2.16. The molecule has 2 amide bonds. The van der Waals surface area contributed by atoms with Crippen LogP contribution in [0.1, 0.15) is 12.5 Å². The summed E-state index contributed by atoms with van der Waals surface area (Å²) in [5, 5.41) is 5.84. The zero-order chi connectivity index (χ0) is 19.3. The van der Waals surface area contributed by atoms with Crippen LogP contribution in [-0.2, 0) is 9.59 Å². The molecule has 138 valence electrons. The number of anilines is 1. The third kappa shape index (κ3) is 5.62. The van der Waals surface area contributed by atoms with Crippen molar-refractivity contribution in [3.05, 3.63) is 56.5 Å². The molecular weight excluding hydrogens is 443 g/mol. The summed E-state index contributed by atoms with van der Waals surface area (Å²) in [4.78, 5) is 24.1. The third-order valence-corrected chi connectivity index (χ3v) is 4.77. The summed E-state index contributed by atoms with van der Waals surface area (Å²) in [7, 11) is 0. The Morgan fingerprint density at radius 3 is 2.65 bits per heavy atom. The highest BCUT2D eigenvalue weighted by atomic mass is 79.9. The van der Waals surface area contributed by atoms with Crippen LogP contribution >= 0.6 is 39.1 Å². The summed E-state index contributed by atoms with van der Waals surface area (Å²) in [6.45, 7) is 3.26. The molecule has 2 N–H and O–H groups in total. The monoisotopic (exact) mass is 458 g/mol. The van der Waals surface area contributed by atoms with E-state index in [1.807, 2.05) is 19.1 Å². The molecule has 2 aromatic carbocycles. The molecule has 0 saturated carbocycles. The van der Waals surface area contributed by atoms with Gasteiger partial charge in [-0.15, -0.1) is 0 Å². The molecule has 0 aliphatic rings. The summed E-state index contributed by atoms with van der Waals surface area (Å²) < 4.78 is 6.43. The van der Waals surface area contributed by atoms with E-state index in [1.165, 1.54) is 0 Å². The van der Waals surface area contributed by atoms with Crippen molar-refractivity contribution in [2.24, 2.45) is 0 Å². The summed E-state index contributed by atoms with van der Waals surface area (Å²) in [5.41, 5.74) is 1.59. The van der Waals surface area contributed by atoms with Gasteiger partial charge in [-0.3, -0.25) is 9.59 Å². The van der Waals surface area contributed by atoms with Gasteiger partial charge in [-0.2, -0.15) is 0 Å². The molecule has 0 aliphatic carbocycles. The molecule has 0 aliphatic heterocycles. The largest absolute Gasteiger partial charge is 0.479 e. The van der Waals surface area contributed by atoms with Crippen molar-refractivity contribution >= 4 is 56.6 Å². The van der Waals surface area contributed by atoms with Gasteiger partial charge in [-0.1, -0.05) is 45.2 Å². The number of amides is 2. The van der Waals surface area contributed by atoms with E-state index in [2.05, 4.69) is 26.6 Å². The van der Waals surface area contributed by atoms with Crippen molar-refractivity contribution in [1.29, 1.82) is 0 Å². The number of halogens is 3. The van der Waals surface area contributed by atoms with Crippen LogP contribution in [0.5, 0.6) is 5.75 Å². The minimum absolute atomic E-state index is 0.175. The lowest BCUT2D eigenvalue weighted by molar-refractivity contribution is -0.129. The number of rotatable bonds is 6. The second kappa shape index (κ2) is 9.26. The predicted octanol–water partition coefficient (Wildman–Crippen LogP) is 4.59. The fourth-order valence-corrected chi connectivity index (χ4v) is 2.90. The fourth-order valence-electron chi connectivity index (χ4n) is 2.09. The van der Waals surface area contributed by atoms with Crippen LogP contribution in [0.15, 0.2) is 40.9 Å². The molecule has 0 radical (unpaired) electrons. The zero-order valence-corrected chi connectivity index (χ0v) is 17.2. The minimum atomic E-state index is -0.840. The average molecular weight is 460 g/mol. The Morgan fingerprint density at radius 2 is 1.96 bits per heavy atom. The molecular formula is C18H17BrCl2N2O3. The first-order valence-electron chi connectivity index (χ1n) is 7.72. The van der Waals surface area contributed by atoms with Crippen molar-refractivity contribution in [1.82, 2.24) is 5.32 Å². The molecule has 0 aromatic heterocycles. The van der Waals surface area contributed by atoms with E-state index in [4.69, 9.17) is 27.9 Å². The maximum atomic E-state index is 12.1. The van der Waals surface area contributed by atoms with Crippen molar-refractivity contribution < 1.29 is 14.3 Å². The second-order valence-electron chi connectivity index (χ2n) is 5.54. The SMILES string of the molecule is Cc1cc(Br)ccc1NC(=O)CNC(=O)C(C)Oc1cccc(Cl)c1Cl. The van der Waals surface area contributed by atoms with Gasteiger partial charge in [0, 0.05) is 10.2 Å². The molecule has 26 heavy (non-hydrogen) atoms. The Morgan fingerprint density at radius 1 is 1.23 bits per heavy atom. The van der Waals surface area contributed by atoms with Gasteiger partial charge in [0.05, 0.1) is 11.6 Å². The molecule has 5 nitrogen and oxygen atoms in total. The van der Waals surface area contributed by atoms with Crippen LogP contribution in [0, 0.1) is 6.92 Å². The van der Waals surface area contributed by atoms with Crippen molar-refractivity contribution in [3.8, 4) is 5.75 Å². The lowest BCUT2D eigenvalue weighted by atomic mass is 10.2. The number of aryl methyl sites for hydroxylation is 1. The Hall–Kier alpha value is -1.76. The van der Waals surface area contributed by atoms with E-state index in [0.717, 1.165) is 10.0 Å². The normalized spacial score (nSPS) is 11.6. The van der Waals surface area contributed by atoms with Crippen LogP contribution in [0.25, 0.3) is 0 Å². The Kier molecular flexibility index (Phi) is 7.32. The van der Waals surface area contributed by atoms with E-state index in [-0.39, 0.29) is 17.5 Å². The molecule has 0 heterocycles. The number of hydrogen-bond donors (Lipinski definition) is 2. The molecule has 1 atom stereocenters. The van der Waals surface area contributed by atoms with Gasteiger partial charge >= 0.3 is 0 Å². The van der Waals surface area contributed by atoms with E-state index in [9.17, 15) is 9.59 Å². The van der Waals surface area contributed by atoms with Gasteiger partial charge in [0.2, 0.25) is 5.91 Å². The van der Waals surface area contributed by atoms with Crippen LogP contribution in [0.2, 0.25) is 10.0 Å². The van der Waals surface area contributed by atoms with E-state index in [0.29, 0.717) is 16.5 Å². The van der Waals surface area contributed by atoms with Crippen molar-refractivity contribution in [3.63, 3.8) is 0 Å². The first-order chi connectivity index (χ1) is 12.3. The van der Waals surface area contributed by atoms with Crippen LogP contribution in [0.3, 0.4) is 0 Å². The topological polar surface area (TPSA) is 67.4 Å². The summed E-state index contributed by atoms with van der Waals surface area (Å²) >= 11 is 15.3. The van der Waals surface area contributed by atoms with E-state index < -0.39 is 12.0 Å².